The lowest BCUT2D eigenvalue weighted by Gasteiger charge is -2.13. The fourth-order valence-electron chi connectivity index (χ4n) is 3.30. The summed E-state index contributed by atoms with van der Waals surface area (Å²) in [6, 6.07) is 3.50. The standard InChI is InChI=1S/C22H28N4O5S/c1-5-8-23-20(28)11-26-22(15-12-32-13-16(15)25-26)24-19(27)7-6-14-9-17(29-2)21(31-4)18(10-14)30-3/h6-7,9-10H,5,8,11-13H2,1-4H3,(H,23,28)(H,24,27)/b7-6-. The molecule has 0 bridgehead atoms. The molecule has 0 fully saturated rings. The van der Waals surface area contributed by atoms with Crippen LogP contribution < -0.4 is 24.8 Å². The van der Waals surface area contributed by atoms with Crippen LogP contribution in [-0.4, -0.2) is 49.5 Å². The summed E-state index contributed by atoms with van der Waals surface area (Å²) in [4.78, 5) is 24.9. The fourth-order valence-corrected chi connectivity index (χ4v) is 4.34. The van der Waals surface area contributed by atoms with Gasteiger partial charge in [0.05, 0.1) is 27.0 Å². The lowest BCUT2D eigenvalue weighted by atomic mass is 10.1. The highest BCUT2D eigenvalue weighted by molar-refractivity contribution is 7.98. The number of thioether (sulfide) groups is 1. The monoisotopic (exact) mass is 460 g/mol. The van der Waals surface area contributed by atoms with Crippen LogP contribution in [0.15, 0.2) is 18.2 Å². The third-order valence-corrected chi connectivity index (χ3v) is 5.81. The molecule has 10 heteroatoms. The van der Waals surface area contributed by atoms with Gasteiger partial charge < -0.3 is 24.8 Å². The molecule has 1 aliphatic heterocycles. The molecule has 0 saturated heterocycles. The predicted octanol–water partition coefficient (Wildman–Crippen LogP) is 2.83. The minimum atomic E-state index is -0.325. The Morgan fingerprint density at radius 3 is 2.50 bits per heavy atom. The van der Waals surface area contributed by atoms with Gasteiger partial charge in [0.1, 0.15) is 12.4 Å². The number of aromatic nitrogens is 2. The van der Waals surface area contributed by atoms with E-state index in [0.717, 1.165) is 29.2 Å². The number of carbonyl (C=O) groups is 2. The smallest absolute Gasteiger partial charge is 0.249 e. The summed E-state index contributed by atoms with van der Waals surface area (Å²) in [6.07, 6.45) is 3.93. The van der Waals surface area contributed by atoms with Crippen LogP contribution >= 0.6 is 11.8 Å². The van der Waals surface area contributed by atoms with Crippen LogP contribution in [0.25, 0.3) is 6.08 Å². The SMILES string of the molecule is CCCNC(=O)Cn1nc2c(c1NC(=O)/C=C\c1cc(OC)c(OC)c(OC)c1)CSC2. The Labute approximate surface area is 191 Å². The van der Waals surface area contributed by atoms with Crippen molar-refractivity contribution >= 4 is 35.5 Å². The van der Waals surface area contributed by atoms with Gasteiger partial charge >= 0.3 is 0 Å². The van der Waals surface area contributed by atoms with Crippen molar-refractivity contribution in [2.75, 3.05) is 33.2 Å². The number of methoxy groups -OCH3 is 3. The first-order valence-corrected chi connectivity index (χ1v) is 11.4. The summed E-state index contributed by atoms with van der Waals surface area (Å²) < 4.78 is 17.6. The van der Waals surface area contributed by atoms with E-state index >= 15 is 0 Å². The van der Waals surface area contributed by atoms with Gasteiger partial charge in [-0.2, -0.15) is 16.9 Å². The van der Waals surface area contributed by atoms with Crippen molar-refractivity contribution in [3.05, 3.63) is 35.0 Å². The van der Waals surface area contributed by atoms with Gasteiger partial charge in [-0.25, -0.2) is 4.68 Å². The first kappa shape index (κ1) is 23.5. The third-order valence-electron chi connectivity index (χ3n) is 4.84. The highest BCUT2D eigenvalue weighted by Gasteiger charge is 2.24. The molecule has 2 heterocycles. The second-order valence-electron chi connectivity index (χ2n) is 7.06. The summed E-state index contributed by atoms with van der Waals surface area (Å²) in [7, 11) is 4.60. The van der Waals surface area contributed by atoms with E-state index in [1.165, 1.54) is 27.4 Å². The topological polar surface area (TPSA) is 104 Å². The number of carbonyl (C=O) groups excluding carboxylic acids is 2. The molecule has 1 aliphatic rings. The second-order valence-corrected chi connectivity index (χ2v) is 8.04. The largest absolute Gasteiger partial charge is 0.493 e. The number of anilines is 1. The summed E-state index contributed by atoms with van der Waals surface area (Å²) in [5.41, 5.74) is 2.58. The van der Waals surface area contributed by atoms with Crippen LogP contribution in [0.2, 0.25) is 0 Å². The van der Waals surface area contributed by atoms with E-state index in [1.54, 1.807) is 34.7 Å². The quantitative estimate of drug-likeness (QED) is 0.526. The molecule has 0 unspecified atom stereocenters. The predicted molar refractivity (Wildman–Crippen MR) is 124 cm³/mol. The number of rotatable bonds is 10. The number of hydrogen-bond donors (Lipinski definition) is 2. The molecule has 9 nitrogen and oxygen atoms in total. The number of ether oxygens (including phenoxy) is 3. The van der Waals surface area contributed by atoms with Crippen molar-refractivity contribution < 1.29 is 23.8 Å². The average molecular weight is 461 g/mol. The van der Waals surface area contributed by atoms with E-state index < -0.39 is 0 Å². The number of fused-ring (bicyclic) bond motifs is 1. The maximum Gasteiger partial charge on any atom is 0.249 e. The van der Waals surface area contributed by atoms with Gasteiger partial charge in [-0.1, -0.05) is 6.92 Å². The van der Waals surface area contributed by atoms with E-state index in [4.69, 9.17) is 14.2 Å². The van der Waals surface area contributed by atoms with Crippen LogP contribution in [-0.2, 0) is 27.6 Å². The van der Waals surface area contributed by atoms with Crippen LogP contribution in [0.1, 0.15) is 30.2 Å². The molecule has 2 N–H and O–H groups in total. The molecular weight excluding hydrogens is 432 g/mol. The minimum absolute atomic E-state index is 0.0594. The molecular formula is C22H28N4O5S. The van der Waals surface area contributed by atoms with Crippen LogP contribution in [0.3, 0.4) is 0 Å². The Bertz CT molecular complexity index is 993. The van der Waals surface area contributed by atoms with E-state index in [0.29, 0.717) is 35.2 Å². The lowest BCUT2D eigenvalue weighted by molar-refractivity contribution is -0.121. The maximum absolute atomic E-state index is 12.7. The Balaban J connectivity index is 1.78. The molecule has 1 aromatic carbocycles. The highest BCUT2D eigenvalue weighted by Crippen LogP contribution is 2.38. The van der Waals surface area contributed by atoms with Gasteiger partial charge in [0.2, 0.25) is 17.6 Å². The van der Waals surface area contributed by atoms with Gasteiger partial charge in [0.25, 0.3) is 0 Å². The number of benzene rings is 1. The van der Waals surface area contributed by atoms with Crippen molar-refractivity contribution in [3.8, 4) is 17.2 Å². The summed E-state index contributed by atoms with van der Waals surface area (Å²) in [5, 5.41) is 10.3. The number of hydrogen-bond acceptors (Lipinski definition) is 7. The Kier molecular flexibility index (Phi) is 8.04. The van der Waals surface area contributed by atoms with Gasteiger partial charge in [0, 0.05) is 29.7 Å². The van der Waals surface area contributed by atoms with Crippen molar-refractivity contribution in [2.45, 2.75) is 31.4 Å². The van der Waals surface area contributed by atoms with E-state index in [9.17, 15) is 9.59 Å². The lowest BCUT2D eigenvalue weighted by Crippen LogP contribution is -2.29. The van der Waals surface area contributed by atoms with Gasteiger partial charge in [-0.3, -0.25) is 9.59 Å². The number of amides is 2. The molecule has 0 radical (unpaired) electrons. The maximum atomic E-state index is 12.7. The van der Waals surface area contributed by atoms with Crippen LogP contribution in [0.4, 0.5) is 5.82 Å². The first-order chi connectivity index (χ1) is 15.5. The first-order valence-electron chi connectivity index (χ1n) is 10.2. The molecule has 0 aliphatic carbocycles. The Morgan fingerprint density at radius 1 is 1.16 bits per heavy atom. The molecule has 1 aromatic heterocycles. The normalized spacial score (nSPS) is 12.5. The zero-order chi connectivity index (χ0) is 23.1. The molecule has 32 heavy (non-hydrogen) atoms. The Hall–Kier alpha value is -3.14. The molecule has 0 spiro atoms. The second kappa shape index (κ2) is 10.9. The average Bonchev–Trinajstić information content (AvgIpc) is 3.37. The fraction of sp³-hybridized carbons (Fsp3) is 0.409. The summed E-state index contributed by atoms with van der Waals surface area (Å²) in [5.74, 6) is 3.10. The van der Waals surface area contributed by atoms with E-state index in [-0.39, 0.29) is 18.4 Å². The molecule has 0 saturated carbocycles. The molecule has 3 rings (SSSR count). The van der Waals surface area contributed by atoms with Crippen molar-refractivity contribution in [1.29, 1.82) is 0 Å². The van der Waals surface area contributed by atoms with Crippen molar-refractivity contribution in [1.82, 2.24) is 15.1 Å². The molecule has 0 atom stereocenters. The van der Waals surface area contributed by atoms with E-state index in [2.05, 4.69) is 15.7 Å². The van der Waals surface area contributed by atoms with E-state index in [1.807, 2.05) is 6.92 Å². The van der Waals surface area contributed by atoms with Crippen LogP contribution in [0, 0.1) is 0 Å². The minimum Gasteiger partial charge on any atom is -0.493 e. The van der Waals surface area contributed by atoms with Crippen molar-refractivity contribution in [2.24, 2.45) is 0 Å². The van der Waals surface area contributed by atoms with Crippen LogP contribution in [0.5, 0.6) is 17.2 Å². The summed E-state index contributed by atoms with van der Waals surface area (Å²) >= 11 is 1.73. The highest BCUT2D eigenvalue weighted by atomic mass is 32.2. The summed E-state index contributed by atoms with van der Waals surface area (Å²) in [6.45, 7) is 2.66. The van der Waals surface area contributed by atoms with Crippen molar-refractivity contribution in [3.63, 3.8) is 0 Å². The zero-order valence-electron chi connectivity index (χ0n) is 18.7. The number of nitrogens with one attached hydrogen (secondary N) is 2. The van der Waals surface area contributed by atoms with Gasteiger partial charge in [0.15, 0.2) is 11.5 Å². The Morgan fingerprint density at radius 2 is 1.88 bits per heavy atom. The zero-order valence-corrected chi connectivity index (χ0v) is 19.5. The number of nitrogens with zero attached hydrogens (tertiary/aromatic N) is 2. The third kappa shape index (κ3) is 5.37. The van der Waals surface area contributed by atoms with Gasteiger partial charge in [-0.15, -0.1) is 0 Å². The van der Waals surface area contributed by atoms with Gasteiger partial charge in [-0.05, 0) is 30.2 Å². The molecule has 172 valence electrons. The molecule has 2 aromatic rings. The molecule has 2 amide bonds.